The lowest BCUT2D eigenvalue weighted by atomic mass is 10.0. The highest BCUT2D eigenvalue weighted by Crippen LogP contribution is 2.13. The summed E-state index contributed by atoms with van der Waals surface area (Å²) in [4.78, 5) is 13.9. The molecule has 1 fully saturated rings. The van der Waals surface area contributed by atoms with E-state index in [4.69, 9.17) is 0 Å². The molecule has 0 radical (unpaired) electrons. The van der Waals surface area contributed by atoms with Gasteiger partial charge in [-0.15, -0.1) is 0 Å². The maximum absolute atomic E-state index is 12.0. The zero-order valence-corrected chi connectivity index (χ0v) is 12.3. The lowest BCUT2D eigenvalue weighted by Crippen LogP contribution is -2.39. The quantitative estimate of drug-likeness (QED) is 0.839. The Balaban J connectivity index is 1.63. The molecule has 0 aromatic heterocycles. The first-order valence-corrected chi connectivity index (χ1v) is 7.66. The summed E-state index contributed by atoms with van der Waals surface area (Å²) in [6, 6.07) is 8.62. The highest BCUT2D eigenvalue weighted by atomic mass is 16.3. The lowest BCUT2D eigenvalue weighted by Gasteiger charge is -2.29. The van der Waals surface area contributed by atoms with Crippen molar-refractivity contribution in [2.24, 2.45) is 0 Å². The van der Waals surface area contributed by atoms with Crippen molar-refractivity contribution in [2.75, 3.05) is 13.1 Å². The molecule has 1 amide bonds. The molecule has 1 saturated heterocycles. The third-order valence-corrected chi connectivity index (χ3v) is 4.04. The molecule has 1 aromatic rings. The van der Waals surface area contributed by atoms with Crippen LogP contribution in [0.3, 0.4) is 0 Å². The van der Waals surface area contributed by atoms with Crippen molar-refractivity contribution in [3.8, 4) is 0 Å². The lowest BCUT2D eigenvalue weighted by molar-refractivity contribution is -0.133. The van der Waals surface area contributed by atoms with Gasteiger partial charge in [0.05, 0.1) is 6.10 Å². The number of benzene rings is 1. The second-order valence-corrected chi connectivity index (χ2v) is 5.80. The number of aliphatic hydroxyl groups is 1. The van der Waals surface area contributed by atoms with Gasteiger partial charge in [0.25, 0.3) is 0 Å². The fourth-order valence-corrected chi connectivity index (χ4v) is 2.63. The molecule has 1 aromatic carbocycles. The van der Waals surface area contributed by atoms with Crippen molar-refractivity contribution in [3.05, 3.63) is 35.4 Å². The van der Waals surface area contributed by atoms with E-state index in [1.54, 1.807) is 0 Å². The summed E-state index contributed by atoms with van der Waals surface area (Å²) in [5, 5.41) is 9.43. The van der Waals surface area contributed by atoms with Gasteiger partial charge in [-0.3, -0.25) is 4.79 Å². The number of aliphatic hydroxyl groups excluding tert-OH is 1. The number of hydrogen-bond acceptors (Lipinski definition) is 2. The Bertz CT molecular complexity index is 419. The van der Waals surface area contributed by atoms with Crippen LogP contribution >= 0.6 is 0 Å². The molecule has 0 bridgehead atoms. The van der Waals surface area contributed by atoms with Gasteiger partial charge < -0.3 is 10.0 Å². The molecule has 1 heterocycles. The van der Waals surface area contributed by atoms with Crippen LogP contribution < -0.4 is 0 Å². The van der Waals surface area contributed by atoms with E-state index in [0.717, 1.165) is 45.2 Å². The second kappa shape index (κ2) is 7.44. The van der Waals surface area contributed by atoms with Crippen LogP contribution in [0.15, 0.2) is 24.3 Å². The van der Waals surface area contributed by atoms with E-state index >= 15 is 0 Å². The maximum Gasteiger partial charge on any atom is 0.222 e. The molecule has 0 spiro atoms. The first-order chi connectivity index (χ1) is 9.65. The number of aryl methyl sites for hydroxylation is 2. The van der Waals surface area contributed by atoms with Crippen LogP contribution in [0.5, 0.6) is 0 Å². The molecule has 2 rings (SSSR count). The molecule has 1 N–H and O–H groups in total. The molecule has 20 heavy (non-hydrogen) atoms. The summed E-state index contributed by atoms with van der Waals surface area (Å²) < 4.78 is 0. The summed E-state index contributed by atoms with van der Waals surface area (Å²) in [5.41, 5.74) is 2.64. The maximum atomic E-state index is 12.0. The molecule has 1 aliphatic rings. The van der Waals surface area contributed by atoms with Gasteiger partial charge in [-0.25, -0.2) is 0 Å². The zero-order valence-electron chi connectivity index (χ0n) is 12.3. The third kappa shape index (κ3) is 4.64. The SMILES string of the molecule is Cc1ccc(CCCCC(=O)N2CCC(O)CC2)cc1. The van der Waals surface area contributed by atoms with Gasteiger partial charge in [0.2, 0.25) is 5.91 Å². The van der Waals surface area contributed by atoms with Crippen molar-refractivity contribution < 1.29 is 9.90 Å². The average Bonchev–Trinajstić information content (AvgIpc) is 2.46. The number of hydrogen-bond donors (Lipinski definition) is 1. The number of amides is 1. The van der Waals surface area contributed by atoms with Crippen LogP contribution in [0.1, 0.15) is 43.2 Å². The Morgan fingerprint density at radius 2 is 1.85 bits per heavy atom. The molecular formula is C17H25NO2. The van der Waals surface area contributed by atoms with Crippen molar-refractivity contribution in [1.29, 1.82) is 0 Å². The Morgan fingerprint density at radius 1 is 1.20 bits per heavy atom. The fourth-order valence-electron chi connectivity index (χ4n) is 2.63. The Morgan fingerprint density at radius 3 is 2.50 bits per heavy atom. The minimum atomic E-state index is -0.208. The van der Waals surface area contributed by atoms with Gasteiger partial charge in [-0.1, -0.05) is 29.8 Å². The van der Waals surface area contributed by atoms with Gasteiger partial charge in [0.1, 0.15) is 0 Å². The summed E-state index contributed by atoms with van der Waals surface area (Å²) in [6.07, 6.45) is 4.95. The van der Waals surface area contributed by atoms with Gasteiger partial charge in [-0.2, -0.15) is 0 Å². The highest BCUT2D eigenvalue weighted by Gasteiger charge is 2.20. The van der Waals surface area contributed by atoms with Crippen molar-refractivity contribution >= 4 is 5.91 Å². The van der Waals surface area contributed by atoms with E-state index in [-0.39, 0.29) is 12.0 Å². The summed E-state index contributed by atoms with van der Waals surface area (Å²) >= 11 is 0. The minimum Gasteiger partial charge on any atom is -0.393 e. The Kier molecular flexibility index (Phi) is 5.60. The van der Waals surface area contributed by atoms with Crippen molar-refractivity contribution in [3.63, 3.8) is 0 Å². The number of nitrogens with zero attached hydrogens (tertiary/aromatic N) is 1. The highest BCUT2D eigenvalue weighted by molar-refractivity contribution is 5.76. The van der Waals surface area contributed by atoms with Crippen LogP contribution in [0.4, 0.5) is 0 Å². The topological polar surface area (TPSA) is 40.5 Å². The van der Waals surface area contributed by atoms with E-state index in [1.807, 2.05) is 4.90 Å². The standard InChI is InChI=1S/C17H25NO2/c1-14-6-8-15(9-7-14)4-2-3-5-17(20)18-12-10-16(19)11-13-18/h6-9,16,19H,2-5,10-13H2,1H3. The smallest absolute Gasteiger partial charge is 0.222 e. The minimum absolute atomic E-state index is 0.208. The van der Waals surface area contributed by atoms with Gasteiger partial charge >= 0.3 is 0 Å². The van der Waals surface area contributed by atoms with Gasteiger partial charge in [0.15, 0.2) is 0 Å². The summed E-state index contributed by atoms with van der Waals surface area (Å²) in [5.74, 6) is 0.251. The van der Waals surface area contributed by atoms with Crippen molar-refractivity contribution in [2.45, 2.75) is 51.6 Å². The molecule has 3 heteroatoms. The van der Waals surface area contributed by atoms with Gasteiger partial charge in [0, 0.05) is 19.5 Å². The first-order valence-electron chi connectivity index (χ1n) is 7.66. The molecular weight excluding hydrogens is 250 g/mol. The largest absolute Gasteiger partial charge is 0.393 e. The number of likely N-dealkylation sites (tertiary alicyclic amines) is 1. The molecule has 110 valence electrons. The monoisotopic (exact) mass is 275 g/mol. The Labute approximate surface area is 121 Å². The normalized spacial score (nSPS) is 16.4. The summed E-state index contributed by atoms with van der Waals surface area (Å²) in [6.45, 7) is 3.54. The molecule has 0 atom stereocenters. The molecule has 0 aliphatic carbocycles. The van der Waals surface area contributed by atoms with E-state index in [1.165, 1.54) is 11.1 Å². The molecule has 3 nitrogen and oxygen atoms in total. The number of carbonyl (C=O) groups is 1. The number of unbranched alkanes of at least 4 members (excludes halogenated alkanes) is 1. The van der Waals surface area contributed by atoms with Crippen LogP contribution in [0.25, 0.3) is 0 Å². The van der Waals surface area contributed by atoms with Crippen LogP contribution in [-0.2, 0) is 11.2 Å². The summed E-state index contributed by atoms with van der Waals surface area (Å²) in [7, 11) is 0. The van der Waals surface area contributed by atoms with E-state index < -0.39 is 0 Å². The van der Waals surface area contributed by atoms with E-state index in [2.05, 4.69) is 31.2 Å². The van der Waals surface area contributed by atoms with Crippen molar-refractivity contribution in [1.82, 2.24) is 4.90 Å². The average molecular weight is 275 g/mol. The van der Waals surface area contributed by atoms with Crippen LogP contribution in [0, 0.1) is 6.92 Å². The number of carbonyl (C=O) groups excluding carboxylic acids is 1. The number of rotatable bonds is 5. The molecule has 1 aliphatic heterocycles. The molecule has 0 saturated carbocycles. The Hall–Kier alpha value is -1.35. The fraction of sp³-hybridized carbons (Fsp3) is 0.588. The predicted molar refractivity (Wildman–Crippen MR) is 80.6 cm³/mol. The third-order valence-electron chi connectivity index (χ3n) is 4.04. The van der Waals surface area contributed by atoms with E-state index in [9.17, 15) is 9.90 Å². The zero-order chi connectivity index (χ0) is 14.4. The predicted octanol–water partition coefficient (Wildman–Crippen LogP) is 2.69. The van der Waals surface area contributed by atoms with Crippen LogP contribution in [0.2, 0.25) is 0 Å². The molecule has 0 unspecified atom stereocenters. The van der Waals surface area contributed by atoms with E-state index in [0.29, 0.717) is 6.42 Å². The number of piperidine rings is 1. The van der Waals surface area contributed by atoms with Gasteiger partial charge in [-0.05, 0) is 44.6 Å². The second-order valence-electron chi connectivity index (χ2n) is 5.80. The van der Waals surface area contributed by atoms with Crippen LogP contribution in [-0.4, -0.2) is 35.1 Å². The first kappa shape index (κ1) is 15.0.